The van der Waals surface area contributed by atoms with Crippen LogP contribution in [0.4, 0.5) is 0 Å². The van der Waals surface area contributed by atoms with Crippen molar-refractivity contribution in [3.8, 4) is 6.07 Å². The van der Waals surface area contributed by atoms with Crippen molar-refractivity contribution in [2.75, 3.05) is 12.4 Å². The number of nitrogens with zero attached hydrogens (tertiary/aromatic N) is 1. The molecule has 0 atom stereocenters. The standard InChI is InChI=1S/C13H17NO3S/c1-13(2,3)17-8-9-18(15,16)12-6-4-11(10-14)5-7-12/h4-7H,8-9H2,1-3H3. The first-order chi connectivity index (χ1) is 8.24. The molecule has 0 amide bonds. The Morgan fingerprint density at radius 2 is 1.78 bits per heavy atom. The van der Waals surface area contributed by atoms with E-state index >= 15 is 0 Å². The zero-order valence-electron chi connectivity index (χ0n) is 10.8. The van der Waals surface area contributed by atoms with Crippen LogP contribution in [-0.2, 0) is 14.6 Å². The highest BCUT2D eigenvalue weighted by atomic mass is 32.2. The van der Waals surface area contributed by atoms with Gasteiger partial charge in [0.2, 0.25) is 0 Å². The van der Waals surface area contributed by atoms with Crippen LogP contribution in [0.25, 0.3) is 0 Å². The summed E-state index contributed by atoms with van der Waals surface area (Å²) in [6.45, 7) is 5.79. The fourth-order valence-electron chi connectivity index (χ4n) is 1.31. The molecule has 0 aromatic heterocycles. The molecule has 0 saturated heterocycles. The third-order valence-corrected chi connectivity index (χ3v) is 3.92. The maximum absolute atomic E-state index is 12.0. The summed E-state index contributed by atoms with van der Waals surface area (Å²) in [6, 6.07) is 7.84. The van der Waals surface area contributed by atoms with Crippen LogP contribution in [0.5, 0.6) is 0 Å². The molecule has 0 N–H and O–H groups in total. The molecule has 1 rings (SSSR count). The van der Waals surface area contributed by atoms with Crippen LogP contribution >= 0.6 is 0 Å². The Hall–Kier alpha value is -1.38. The summed E-state index contributed by atoms with van der Waals surface area (Å²) in [5.74, 6) is -0.0594. The third-order valence-electron chi connectivity index (χ3n) is 2.23. The van der Waals surface area contributed by atoms with E-state index in [4.69, 9.17) is 10.00 Å². The van der Waals surface area contributed by atoms with Gasteiger partial charge in [0, 0.05) is 0 Å². The first-order valence-electron chi connectivity index (χ1n) is 5.61. The van der Waals surface area contributed by atoms with E-state index in [1.807, 2.05) is 26.8 Å². The first-order valence-corrected chi connectivity index (χ1v) is 7.27. The Labute approximate surface area is 108 Å². The van der Waals surface area contributed by atoms with Gasteiger partial charge >= 0.3 is 0 Å². The highest BCUT2D eigenvalue weighted by molar-refractivity contribution is 7.91. The van der Waals surface area contributed by atoms with Crippen LogP contribution < -0.4 is 0 Å². The van der Waals surface area contributed by atoms with Gasteiger partial charge < -0.3 is 4.74 Å². The fraction of sp³-hybridized carbons (Fsp3) is 0.462. The van der Waals surface area contributed by atoms with Crippen molar-refractivity contribution in [3.05, 3.63) is 29.8 Å². The van der Waals surface area contributed by atoms with Crippen LogP contribution in [-0.4, -0.2) is 26.4 Å². The van der Waals surface area contributed by atoms with Crippen LogP contribution in [0.1, 0.15) is 26.3 Å². The van der Waals surface area contributed by atoms with Gasteiger partial charge in [-0.1, -0.05) is 0 Å². The maximum atomic E-state index is 12.0. The molecule has 0 saturated carbocycles. The zero-order valence-corrected chi connectivity index (χ0v) is 11.6. The van der Waals surface area contributed by atoms with Gasteiger partial charge in [0.1, 0.15) is 0 Å². The van der Waals surface area contributed by atoms with Crippen molar-refractivity contribution < 1.29 is 13.2 Å². The Bertz CT molecular complexity index is 533. The molecule has 1 aromatic rings. The number of benzene rings is 1. The van der Waals surface area contributed by atoms with E-state index in [1.54, 1.807) is 0 Å². The fourth-order valence-corrected chi connectivity index (χ4v) is 2.40. The topological polar surface area (TPSA) is 67.2 Å². The molecule has 98 valence electrons. The molecule has 0 unspecified atom stereocenters. The summed E-state index contributed by atoms with van der Waals surface area (Å²) < 4.78 is 29.3. The highest BCUT2D eigenvalue weighted by Gasteiger charge is 2.17. The minimum absolute atomic E-state index is 0.0594. The summed E-state index contributed by atoms with van der Waals surface area (Å²) in [7, 11) is -3.34. The summed E-state index contributed by atoms with van der Waals surface area (Å²) in [5.41, 5.74) is 0.0973. The SMILES string of the molecule is CC(C)(C)OCCS(=O)(=O)c1ccc(C#N)cc1. The van der Waals surface area contributed by atoms with E-state index in [1.165, 1.54) is 24.3 Å². The number of sulfone groups is 1. The average Bonchev–Trinajstić information content (AvgIpc) is 2.27. The molecule has 5 heteroatoms. The first kappa shape index (κ1) is 14.7. The summed E-state index contributed by atoms with van der Waals surface area (Å²) >= 11 is 0. The Morgan fingerprint density at radius 3 is 2.22 bits per heavy atom. The summed E-state index contributed by atoms with van der Waals surface area (Å²) in [6.07, 6.45) is 0. The van der Waals surface area contributed by atoms with Gasteiger partial charge in [-0.05, 0) is 45.0 Å². The van der Waals surface area contributed by atoms with E-state index in [-0.39, 0.29) is 22.9 Å². The van der Waals surface area contributed by atoms with Crippen molar-refractivity contribution in [1.82, 2.24) is 0 Å². The van der Waals surface area contributed by atoms with Crippen LogP contribution in [0.15, 0.2) is 29.2 Å². The van der Waals surface area contributed by atoms with Crippen molar-refractivity contribution in [2.45, 2.75) is 31.3 Å². The molecule has 0 heterocycles. The number of hydrogen-bond acceptors (Lipinski definition) is 4. The lowest BCUT2D eigenvalue weighted by atomic mass is 10.2. The molecule has 0 fully saturated rings. The van der Waals surface area contributed by atoms with Gasteiger partial charge in [-0.3, -0.25) is 0 Å². The van der Waals surface area contributed by atoms with Crippen LogP contribution in [0.3, 0.4) is 0 Å². The van der Waals surface area contributed by atoms with Crippen molar-refractivity contribution in [3.63, 3.8) is 0 Å². The lowest BCUT2D eigenvalue weighted by Gasteiger charge is -2.19. The number of hydrogen-bond donors (Lipinski definition) is 0. The van der Waals surface area contributed by atoms with Crippen LogP contribution in [0, 0.1) is 11.3 Å². The average molecular weight is 267 g/mol. The molecule has 0 radical (unpaired) electrons. The second-order valence-corrected chi connectivity index (χ2v) is 7.03. The van der Waals surface area contributed by atoms with E-state index in [0.717, 1.165) is 0 Å². The monoisotopic (exact) mass is 267 g/mol. The molecular formula is C13H17NO3S. The van der Waals surface area contributed by atoms with Gasteiger partial charge in [-0.2, -0.15) is 5.26 Å². The Balaban J connectivity index is 2.72. The molecule has 18 heavy (non-hydrogen) atoms. The number of nitriles is 1. The second-order valence-electron chi connectivity index (χ2n) is 4.92. The molecule has 0 aliphatic heterocycles. The smallest absolute Gasteiger partial charge is 0.180 e. The third kappa shape index (κ3) is 4.47. The van der Waals surface area contributed by atoms with E-state index in [2.05, 4.69) is 0 Å². The quantitative estimate of drug-likeness (QED) is 0.838. The lowest BCUT2D eigenvalue weighted by Crippen LogP contribution is -2.23. The van der Waals surface area contributed by atoms with Gasteiger partial charge in [-0.15, -0.1) is 0 Å². The van der Waals surface area contributed by atoms with E-state index < -0.39 is 9.84 Å². The molecule has 4 nitrogen and oxygen atoms in total. The molecule has 0 bridgehead atoms. The number of ether oxygens (including phenoxy) is 1. The second kappa shape index (κ2) is 5.51. The Morgan fingerprint density at radius 1 is 1.22 bits per heavy atom. The van der Waals surface area contributed by atoms with Crippen molar-refractivity contribution in [2.24, 2.45) is 0 Å². The lowest BCUT2D eigenvalue weighted by molar-refractivity contribution is 0.00644. The minimum Gasteiger partial charge on any atom is -0.375 e. The van der Waals surface area contributed by atoms with Gasteiger partial charge in [-0.25, -0.2) is 8.42 Å². The summed E-state index contributed by atoms with van der Waals surface area (Å²) in [4.78, 5) is 0.221. The number of rotatable bonds is 4. The van der Waals surface area contributed by atoms with E-state index in [9.17, 15) is 8.42 Å². The maximum Gasteiger partial charge on any atom is 0.180 e. The Kier molecular flexibility index (Phi) is 4.49. The molecule has 1 aromatic carbocycles. The minimum atomic E-state index is -3.34. The van der Waals surface area contributed by atoms with Crippen LogP contribution in [0.2, 0.25) is 0 Å². The van der Waals surface area contributed by atoms with E-state index in [0.29, 0.717) is 5.56 Å². The predicted octanol–water partition coefficient (Wildman–Crippen LogP) is 2.15. The van der Waals surface area contributed by atoms with Crippen molar-refractivity contribution >= 4 is 9.84 Å². The van der Waals surface area contributed by atoms with Gasteiger partial charge in [0.05, 0.1) is 34.5 Å². The summed E-state index contributed by atoms with van der Waals surface area (Å²) in [5, 5.41) is 8.64. The highest BCUT2D eigenvalue weighted by Crippen LogP contribution is 2.13. The molecule has 0 aliphatic rings. The molecule has 0 aliphatic carbocycles. The normalized spacial score (nSPS) is 12.1. The van der Waals surface area contributed by atoms with Gasteiger partial charge in [0.25, 0.3) is 0 Å². The van der Waals surface area contributed by atoms with Crippen molar-refractivity contribution in [1.29, 1.82) is 5.26 Å². The molecule has 0 spiro atoms. The molecular weight excluding hydrogens is 250 g/mol. The van der Waals surface area contributed by atoms with Gasteiger partial charge in [0.15, 0.2) is 9.84 Å². The zero-order chi connectivity index (χ0) is 13.8. The predicted molar refractivity (Wildman–Crippen MR) is 68.9 cm³/mol. The largest absolute Gasteiger partial charge is 0.375 e.